The molecule has 1 fully saturated rings. The fourth-order valence-electron chi connectivity index (χ4n) is 2.00. The van der Waals surface area contributed by atoms with E-state index >= 15 is 0 Å². The van der Waals surface area contributed by atoms with Gasteiger partial charge in [-0.3, -0.25) is 0 Å². The molecular weight excluding hydrogens is 258 g/mol. The van der Waals surface area contributed by atoms with E-state index in [-0.39, 0.29) is 0 Å². The Labute approximate surface area is 98.0 Å². The molecule has 1 unspecified atom stereocenters. The van der Waals surface area contributed by atoms with Crippen molar-refractivity contribution in [1.82, 2.24) is 5.32 Å². The molecule has 1 aliphatic heterocycles. The highest BCUT2D eigenvalue weighted by Crippen LogP contribution is 2.23. The van der Waals surface area contributed by atoms with Gasteiger partial charge in [-0.05, 0) is 66.7 Å². The Morgan fingerprint density at radius 3 is 3.14 bits per heavy atom. The molecule has 0 spiro atoms. The molecule has 0 amide bonds. The van der Waals surface area contributed by atoms with Gasteiger partial charge in [0.2, 0.25) is 0 Å². The molecule has 1 N–H and O–H groups in total. The van der Waals surface area contributed by atoms with Crippen LogP contribution in [0.5, 0.6) is 0 Å². The van der Waals surface area contributed by atoms with Crippen molar-refractivity contribution in [2.75, 3.05) is 13.1 Å². The Bertz CT molecular complexity index is 279. The lowest BCUT2D eigenvalue weighted by Crippen LogP contribution is -2.29. The largest absolute Gasteiger partial charge is 0.316 e. The van der Waals surface area contributed by atoms with Crippen molar-refractivity contribution < 1.29 is 0 Å². The van der Waals surface area contributed by atoms with Gasteiger partial charge in [-0.25, -0.2) is 0 Å². The van der Waals surface area contributed by atoms with Gasteiger partial charge in [-0.2, -0.15) is 0 Å². The molecule has 1 aromatic heterocycles. The molecule has 1 aliphatic rings. The summed E-state index contributed by atoms with van der Waals surface area (Å²) in [5.74, 6) is 0.907. The summed E-state index contributed by atoms with van der Waals surface area (Å²) < 4.78 is 1.24. The van der Waals surface area contributed by atoms with Gasteiger partial charge in [0.05, 0.1) is 0 Å². The van der Waals surface area contributed by atoms with Gasteiger partial charge in [0, 0.05) is 14.7 Å². The third-order valence-corrected chi connectivity index (χ3v) is 4.58. The van der Waals surface area contributed by atoms with Crippen molar-refractivity contribution in [2.45, 2.75) is 25.7 Å². The molecule has 0 aliphatic carbocycles. The second-order valence-corrected chi connectivity index (χ2v) is 5.89. The number of nitrogens with one attached hydrogen (secondary N) is 1. The number of piperidine rings is 1. The molecule has 2 heterocycles. The van der Waals surface area contributed by atoms with Crippen molar-refractivity contribution in [1.29, 1.82) is 0 Å². The fourth-order valence-corrected chi connectivity index (χ4v) is 3.47. The minimum Gasteiger partial charge on any atom is -0.316 e. The normalized spacial score (nSPS) is 22.5. The molecule has 0 radical (unpaired) electrons. The number of rotatable bonds is 3. The lowest BCUT2D eigenvalue weighted by Gasteiger charge is -2.22. The molecule has 0 aromatic carbocycles. The predicted molar refractivity (Wildman–Crippen MR) is 65.9 cm³/mol. The van der Waals surface area contributed by atoms with E-state index in [2.05, 4.69) is 32.7 Å². The third-order valence-electron chi connectivity index (χ3n) is 2.82. The highest BCUT2D eigenvalue weighted by atomic mass is 79.9. The van der Waals surface area contributed by atoms with Crippen molar-refractivity contribution in [3.8, 4) is 0 Å². The zero-order valence-corrected chi connectivity index (χ0v) is 10.7. The van der Waals surface area contributed by atoms with Gasteiger partial charge in [0.25, 0.3) is 0 Å². The highest BCUT2D eigenvalue weighted by molar-refractivity contribution is 9.10. The lowest BCUT2D eigenvalue weighted by molar-refractivity contribution is 0.359. The fraction of sp³-hybridized carbons (Fsp3) is 0.636. The Morgan fingerprint density at radius 1 is 1.57 bits per heavy atom. The SMILES string of the molecule is Brc1csc(CCC2CCCNC2)c1. The van der Waals surface area contributed by atoms with Crippen molar-refractivity contribution in [2.24, 2.45) is 5.92 Å². The summed E-state index contributed by atoms with van der Waals surface area (Å²) in [6, 6.07) is 2.25. The van der Waals surface area contributed by atoms with Crippen LogP contribution in [0.3, 0.4) is 0 Å². The van der Waals surface area contributed by atoms with Crippen LogP contribution in [-0.4, -0.2) is 13.1 Å². The monoisotopic (exact) mass is 273 g/mol. The topological polar surface area (TPSA) is 12.0 Å². The standard InChI is InChI=1S/C11H16BrNS/c12-10-6-11(14-8-10)4-3-9-2-1-5-13-7-9/h6,8-9,13H,1-5,7H2. The van der Waals surface area contributed by atoms with E-state index in [1.54, 1.807) is 0 Å². The maximum absolute atomic E-state index is 3.50. The van der Waals surface area contributed by atoms with E-state index in [0.29, 0.717) is 0 Å². The van der Waals surface area contributed by atoms with Crippen molar-refractivity contribution in [3.63, 3.8) is 0 Å². The van der Waals surface area contributed by atoms with Crippen LogP contribution in [0.15, 0.2) is 15.9 Å². The number of halogens is 1. The smallest absolute Gasteiger partial charge is 0.0285 e. The van der Waals surface area contributed by atoms with Crippen LogP contribution in [0.2, 0.25) is 0 Å². The van der Waals surface area contributed by atoms with Gasteiger partial charge in [0.1, 0.15) is 0 Å². The average Bonchev–Trinajstić information content (AvgIpc) is 2.63. The molecule has 78 valence electrons. The molecule has 0 bridgehead atoms. The number of aryl methyl sites for hydroxylation is 1. The van der Waals surface area contributed by atoms with E-state index in [1.807, 2.05) is 11.3 Å². The summed E-state index contributed by atoms with van der Waals surface area (Å²) in [5.41, 5.74) is 0. The van der Waals surface area contributed by atoms with Gasteiger partial charge in [-0.15, -0.1) is 11.3 Å². The van der Waals surface area contributed by atoms with Crippen LogP contribution in [0, 0.1) is 5.92 Å². The molecule has 1 aromatic rings. The van der Waals surface area contributed by atoms with Gasteiger partial charge in [0.15, 0.2) is 0 Å². The zero-order valence-electron chi connectivity index (χ0n) is 8.26. The summed E-state index contributed by atoms with van der Waals surface area (Å²) in [5, 5.41) is 5.65. The first-order chi connectivity index (χ1) is 6.84. The summed E-state index contributed by atoms with van der Waals surface area (Å²) in [6.45, 7) is 2.45. The first-order valence-electron chi connectivity index (χ1n) is 5.28. The summed E-state index contributed by atoms with van der Waals surface area (Å²) in [6.07, 6.45) is 5.38. The summed E-state index contributed by atoms with van der Waals surface area (Å²) in [7, 11) is 0. The van der Waals surface area contributed by atoms with E-state index in [4.69, 9.17) is 0 Å². The second kappa shape index (κ2) is 5.29. The highest BCUT2D eigenvalue weighted by Gasteiger charge is 2.12. The Kier molecular flexibility index (Phi) is 4.02. The molecule has 1 nitrogen and oxygen atoms in total. The van der Waals surface area contributed by atoms with Gasteiger partial charge < -0.3 is 5.32 Å². The first kappa shape index (κ1) is 10.7. The second-order valence-electron chi connectivity index (χ2n) is 3.98. The average molecular weight is 274 g/mol. The zero-order chi connectivity index (χ0) is 9.80. The van der Waals surface area contributed by atoms with Gasteiger partial charge >= 0.3 is 0 Å². The van der Waals surface area contributed by atoms with E-state index in [1.165, 1.54) is 48.1 Å². The Morgan fingerprint density at radius 2 is 2.50 bits per heavy atom. The van der Waals surface area contributed by atoms with Crippen LogP contribution in [-0.2, 0) is 6.42 Å². The minimum absolute atomic E-state index is 0.907. The molecule has 2 rings (SSSR count). The molecular formula is C11H16BrNS. The maximum atomic E-state index is 3.50. The van der Waals surface area contributed by atoms with E-state index in [0.717, 1.165) is 5.92 Å². The number of hydrogen-bond donors (Lipinski definition) is 1. The molecule has 14 heavy (non-hydrogen) atoms. The number of thiophene rings is 1. The van der Waals surface area contributed by atoms with Gasteiger partial charge in [-0.1, -0.05) is 0 Å². The molecule has 0 saturated carbocycles. The molecule has 1 saturated heterocycles. The maximum Gasteiger partial charge on any atom is 0.0285 e. The molecule has 3 heteroatoms. The van der Waals surface area contributed by atoms with Crippen molar-refractivity contribution in [3.05, 3.63) is 20.8 Å². The van der Waals surface area contributed by atoms with E-state index in [9.17, 15) is 0 Å². The quantitative estimate of drug-likeness (QED) is 0.890. The van der Waals surface area contributed by atoms with Crippen LogP contribution < -0.4 is 5.32 Å². The predicted octanol–water partition coefficient (Wildman–Crippen LogP) is 3.44. The summed E-state index contributed by atoms with van der Waals surface area (Å²) >= 11 is 5.37. The molecule has 1 atom stereocenters. The van der Waals surface area contributed by atoms with Crippen molar-refractivity contribution >= 4 is 27.3 Å². The Balaban J connectivity index is 1.76. The summed E-state index contributed by atoms with van der Waals surface area (Å²) in [4.78, 5) is 1.52. The van der Waals surface area contributed by atoms with Crippen LogP contribution >= 0.6 is 27.3 Å². The number of hydrogen-bond acceptors (Lipinski definition) is 2. The van der Waals surface area contributed by atoms with Crippen LogP contribution in [0.25, 0.3) is 0 Å². The Hall–Kier alpha value is 0.140. The lowest BCUT2D eigenvalue weighted by atomic mass is 9.94. The van der Waals surface area contributed by atoms with Crippen LogP contribution in [0.1, 0.15) is 24.1 Å². The first-order valence-corrected chi connectivity index (χ1v) is 6.95. The minimum atomic E-state index is 0.907. The van der Waals surface area contributed by atoms with Crippen LogP contribution in [0.4, 0.5) is 0 Å². The van der Waals surface area contributed by atoms with E-state index < -0.39 is 0 Å². The third kappa shape index (κ3) is 3.07.